The van der Waals surface area contributed by atoms with Gasteiger partial charge in [-0.05, 0) is 11.6 Å². The summed E-state index contributed by atoms with van der Waals surface area (Å²) in [4.78, 5) is 34.2. The average Bonchev–Trinajstić information content (AvgIpc) is 2.43. The third-order valence-electron chi connectivity index (χ3n) is 2.13. The molecule has 0 aliphatic rings. The van der Waals surface area contributed by atoms with Crippen molar-refractivity contribution in [1.82, 2.24) is 10.2 Å². The molecule has 5 heteroatoms. The van der Waals surface area contributed by atoms with Gasteiger partial charge in [0.2, 0.25) is 6.29 Å². The zero-order valence-electron chi connectivity index (χ0n) is 10.00. The summed E-state index contributed by atoms with van der Waals surface area (Å²) < 4.78 is 0. The van der Waals surface area contributed by atoms with Gasteiger partial charge in [0.15, 0.2) is 0 Å². The van der Waals surface area contributed by atoms with Crippen LogP contribution < -0.4 is 5.32 Å². The molecule has 1 rings (SSSR count). The number of carbonyl (C=O) groups excluding carboxylic acids is 3. The largest absolute Gasteiger partial charge is 0.336 e. The van der Waals surface area contributed by atoms with Crippen LogP contribution in [0.4, 0.5) is 4.79 Å². The number of urea groups is 1. The Morgan fingerprint density at radius 2 is 2.00 bits per heavy atom. The Kier molecular flexibility index (Phi) is 5.57. The van der Waals surface area contributed by atoms with Crippen molar-refractivity contribution in [2.24, 2.45) is 0 Å². The number of nitrogens with zero attached hydrogens (tertiary/aromatic N) is 1. The van der Waals surface area contributed by atoms with E-state index in [0.717, 1.165) is 5.56 Å². The number of benzene rings is 1. The Balaban J connectivity index is 2.78. The molecular weight excluding hydrogens is 244 g/mol. The van der Waals surface area contributed by atoms with E-state index in [2.05, 4.69) is 0 Å². The van der Waals surface area contributed by atoms with E-state index in [9.17, 15) is 14.4 Å². The normalized spacial score (nSPS) is 9.63. The van der Waals surface area contributed by atoms with Gasteiger partial charge in [0, 0.05) is 12.1 Å². The molecule has 0 atom stereocenters. The quantitative estimate of drug-likeness (QED) is 0.494. The van der Waals surface area contributed by atoms with Gasteiger partial charge in [0.25, 0.3) is 5.91 Å². The summed E-state index contributed by atoms with van der Waals surface area (Å²) in [6.45, 7) is -0.481. The molecule has 0 aromatic heterocycles. The molecule has 0 saturated heterocycles. The molecular formula is C14H11N2O3. The van der Waals surface area contributed by atoms with Crippen LogP contribution in [0.25, 0.3) is 6.08 Å². The highest BCUT2D eigenvalue weighted by molar-refractivity contribution is 6.03. The summed E-state index contributed by atoms with van der Waals surface area (Å²) in [6.07, 6.45) is 9.08. The van der Waals surface area contributed by atoms with Crippen LogP contribution in [0.2, 0.25) is 0 Å². The zero-order chi connectivity index (χ0) is 14.1. The standard InChI is InChI=1S/C14H11N2O3/c1-2-15-14(19)16(10-11-17)13(18)9-8-12-6-4-3-5-7-12/h1,3-9H,10H2,(H,15,19). The van der Waals surface area contributed by atoms with Crippen LogP contribution in [0.1, 0.15) is 5.56 Å². The van der Waals surface area contributed by atoms with E-state index >= 15 is 0 Å². The molecule has 19 heavy (non-hydrogen) atoms. The van der Waals surface area contributed by atoms with Crippen LogP contribution in [0.3, 0.4) is 0 Å². The Hall–Kier alpha value is -2.87. The van der Waals surface area contributed by atoms with E-state index in [1.165, 1.54) is 18.4 Å². The van der Waals surface area contributed by atoms with E-state index < -0.39 is 18.5 Å². The third kappa shape index (κ3) is 4.48. The fourth-order valence-corrected chi connectivity index (χ4v) is 1.27. The van der Waals surface area contributed by atoms with E-state index in [4.69, 9.17) is 6.42 Å². The van der Waals surface area contributed by atoms with Gasteiger partial charge in [-0.2, -0.15) is 0 Å². The first kappa shape index (κ1) is 14.2. The maximum atomic E-state index is 11.8. The van der Waals surface area contributed by atoms with Crippen molar-refractivity contribution in [2.45, 2.75) is 0 Å². The number of carbonyl (C=O) groups is 2. The predicted octanol–water partition coefficient (Wildman–Crippen LogP) is 0.938. The zero-order valence-corrected chi connectivity index (χ0v) is 10.00. The number of terminal acetylenes is 1. The van der Waals surface area contributed by atoms with Crippen LogP contribution >= 0.6 is 0 Å². The van der Waals surface area contributed by atoms with Gasteiger partial charge < -0.3 is 0 Å². The second-order valence-electron chi connectivity index (χ2n) is 3.39. The van der Waals surface area contributed by atoms with Gasteiger partial charge in [-0.3, -0.25) is 19.8 Å². The van der Waals surface area contributed by atoms with Crippen LogP contribution in [-0.4, -0.2) is 29.7 Å². The summed E-state index contributed by atoms with van der Waals surface area (Å²) in [7, 11) is 0. The molecule has 0 fully saturated rings. The molecule has 0 spiro atoms. The van der Waals surface area contributed by atoms with Gasteiger partial charge in [-0.15, -0.1) is 0 Å². The lowest BCUT2D eigenvalue weighted by atomic mass is 10.2. The first-order valence-electron chi connectivity index (χ1n) is 5.34. The minimum Gasteiger partial charge on any atom is -0.289 e. The highest BCUT2D eigenvalue weighted by Crippen LogP contribution is 2.02. The fourth-order valence-electron chi connectivity index (χ4n) is 1.27. The molecule has 5 nitrogen and oxygen atoms in total. The van der Waals surface area contributed by atoms with Gasteiger partial charge in [0.05, 0.1) is 6.54 Å². The molecule has 0 unspecified atom stereocenters. The number of rotatable bonds is 4. The van der Waals surface area contributed by atoms with Crippen LogP contribution in [0.5, 0.6) is 0 Å². The summed E-state index contributed by atoms with van der Waals surface area (Å²) in [5.74, 6) is -0.653. The van der Waals surface area contributed by atoms with Crippen molar-refractivity contribution in [3.63, 3.8) is 0 Å². The van der Waals surface area contributed by atoms with Crippen molar-refractivity contribution in [3.8, 4) is 12.5 Å². The van der Waals surface area contributed by atoms with Gasteiger partial charge in [0.1, 0.15) is 0 Å². The van der Waals surface area contributed by atoms with Crippen molar-refractivity contribution < 1.29 is 14.4 Å². The van der Waals surface area contributed by atoms with Crippen molar-refractivity contribution in [1.29, 1.82) is 0 Å². The molecule has 1 radical (unpaired) electrons. The van der Waals surface area contributed by atoms with E-state index in [1.807, 2.05) is 29.6 Å². The van der Waals surface area contributed by atoms with Crippen LogP contribution in [0, 0.1) is 12.5 Å². The van der Waals surface area contributed by atoms with Crippen LogP contribution in [-0.2, 0) is 9.59 Å². The fraction of sp³-hybridized carbons (Fsp3) is 0.0714. The van der Waals surface area contributed by atoms with E-state index in [1.54, 1.807) is 12.1 Å². The lowest BCUT2D eigenvalue weighted by molar-refractivity contribution is -0.122. The number of nitrogens with one attached hydrogen (secondary N) is 1. The summed E-state index contributed by atoms with van der Waals surface area (Å²) in [6, 6.07) is 10.1. The van der Waals surface area contributed by atoms with E-state index in [-0.39, 0.29) is 0 Å². The number of amides is 3. The number of hydrogen-bond acceptors (Lipinski definition) is 3. The Bertz CT molecular complexity index is 529. The van der Waals surface area contributed by atoms with Gasteiger partial charge >= 0.3 is 6.03 Å². The lowest BCUT2D eigenvalue weighted by Gasteiger charge is -2.14. The number of imide groups is 1. The van der Waals surface area contributed by atoms with Crippen molar-refractivity contribution in [2.75, 3.05) is 6.54 Å². The summed E-state index contributed by atoms with van der Waals surface area (Å²) in [5, 5.41) is 1.99. The SMILES string of the molecule is C#CNC(=O)N(C[C]=O)C(=O)C=Cc1ccccc1. The first-order valence-corrected chi connectivity index (χ1v) is 5.34. The molecule has 95 valence electrons. The first-order chi connectivity index (χ1) is 9.19. The third-order valence-corrected chi connectivity index (χ3v) is 2.13. The minimum absolute atomic E-state index is 0.481. The highest BCUT2D eigenvalue weighted by atomic mass is 16.2. The maximum absolute atomic E-state index is 11.8. The highest BCUT2D eigenvalue weighted by Gasteiger charge is 2.18. The topological polar surface area (TPSA) is 66.5 Å². The number of hydrogen-bond donors (Lipinski definition) is 1. The van der Waals surface area contributed by atoms with Crippen LogP contribution in [0.15, 0.2) is 36.4 Å². The molecule has 0 aliphatic heterocycles. The monoisotopic (exact) mass is 255 g/mol. The molecule has 1 aromatic rings. The van der Waals surface area contributed by atoms with Gasteiger partial charge in [-0.25, -0.2) is 4.79 Å². The van der Waals surface area contributed by atoms with Gasteiger partial charge in [-0.1, -0.05) is 36.8 Å². The molecule has 0 heterocycles. The van der Waals surface area contributed by atoms with E-state index in [0.29, 0.717) is 4.90 Å². The summed E-state index contributed by atoms with van der Waals surface area (Å²) >= 11 is 0. The summed E-state index contributed by atoms with van der Waals surface area (Å²) in [5.41, 5.74) is 0.795. The second-order valence-corrected chi connectivity index (χ2v) is 3.39. The molecule has 0 bridgehead atoms. The predicted molar refractivity (Wildman–Crippen MR) is 70.2 cm³/mol. The molecule has 3 amide bonds. The molecule has 0 saturated carbocycles. The molecule has 1 aromatic carbocycles. The average molecular weight is 255 g/mol. The minimum atomic E-state index is -0.839. The molecule has 0 aliphatic carbocycles. The van der Waals surface area contributed by atoms with Crippen molar-refractivity contribution >= 4 is 24.3 Å². The molecule has 1 N–H and O–H groups in total. The lowest BCUT2D eigenvalue weighted by Crippen LogP contribution is -2.42. The smallest absolute Gasteiger partial charge is 0.289 e. The Labute approximate surface area is 110 Å². The maximum Gasteiger partial charge on any atom is 0.336 e. The Morgan fingerprint density at radius 1 is 1.32 bits per heavy atom. The van der Waals surface area contributed by atoms with Crippen molar-refractivity contribution in [3.05, 3.63) is 42.0 Å². The second kappa shape index (κ2) is 7.45. The Morgan fingerprint density at radius 3 is 2.58 bits per heavy atom.